The van der Waals surface area contributed by atoms with E-state index in [4.69, 9.17) is 14.6 Å². The van der Waals surface area contributed by atoms with Gasteiger partial charge >= 0.3 is 5.97 Å². The first-order chi connectivity index (χ1) is 11.5. The number of hydrogen-bond donors (Lipinski definition) is 1. The molecule has 0 spiro atoms. The lowest BCUT2D eigenvalue weighted by Gasteiger charge is -2.13. The molecule has 24 heavy (non-hydrogen) atoms. The van der Waals surface area contributed by atoms with Crippen LogP contribution in [-0.2, 0) is 9.47 Å². The molecule has 1 aromatic carbocycles. The molecule has 0 fully saturated rings. The van der Waals surface area contributed by atoms with Gasteiger partial charge in [-0.25, -0.2) is 14.2 Å². The van der Waals surface area contributed by atoms with Gasteiger partial charge in [-0.2, -0.15) is 0 Å². The number of thioether (sulfide) groups is 1. The van der Waals surface area contributed by atoms with Gasteiger partial charge in [-0.3, -0.25) is 0 Å². The van der Waals surface area contributed by atoms with Crippen molar-refractivity contribution >= 4 is 22.8 Å². The van der Waals surface area contributed by atoms with Crippen LogP contribution in [0.1, 0.15) is 42.6 Å². The van der Waals surface area contributed by atoms with Gasteiger partial charge in [-0.05, 0) is 25.5 Å². The van der Waals surface area contributed by atoms with Crippen molar-refractivity contribution in [2.75, 3.05) is 19.8 Å². The van der Waals surface area contributed by atoms with Crippen molar-refractivity contribution in [3.63, 3.8) is 0 Å². The highest BCUT2D eigenvalue weighted by Gasteiger charge is 2.28. The summed E-state index contributed by atoms with van der Waals surface area (Å²) in [5.41, 5.74) is 0.229. The third-order valence-electron chi connectivity index (χ3n) is 3.55. The number of halogens is 1. The van der Waals surface area contributed by atoms with Crippen LogP contribution in [0.25, 0.3) is 0 Å². The summed E-state index contributed by atoms with van der Waals surface area (Å²) in [4.78, 5) is 15.3. The van der Waals surface area contributed by atoms with E-state index >= 15 is 0 Å². The number of carboxylic acid groups (broad SMARTS) is 1. The van der Waals surface area contributed by atoms with Crippen LogP contribution in [0, 0.1) is 5.82 Å². The van der Waals surface area contributed by atoms with E-state index in [0.29, 0.717) is 23.8 Å². The number of rotatable bonds is 9. The number of ether oxygens (including phenoxy) is 2. The summed E-state index contributed by atoms with van der Waals surface area (Å²) in [7, 11) is 0. The molecule has 0 bridgehead atoms. The molecule has 2 unspecified atom stereocenters. The van der Waals surface area contributed by atoms with E-state index in [1.807, 2.05) is 6.92 Å². The lowest BCUT2D eigenvalue weighted by atomic mass is 10.1. The molecule has 1 aliphatic heterocycles. The van der Waals surface area contributed by atoms with Crippen LogP contribution in [0.2, 0.25) is 0 Å². The first-order valence-electron chi connectivity index (χ1n) is 8.00. The van der Waals surface area contributed by atoms with Crippen molar-refractivity contribution in [1.82, 2.24) is 0 Å². The molecular formula is C17H22FNO4S. The lowest BCUT2D eigenvalue weighted by Crippen LogP contribution is -2.20. The lowest BCUT2D eigenvalue weighted by molar-refractivity contribution is 0.0101. The minimum Gasteiger partial charge on any atom is -0.478 e. The Kier molecular flexibility index (Phi) is 7.20. The number of nitrogens with zero attached hydrogens (tertiary/aromatic N) is 1. The number of hydrogen-bond acceptors (Lipinski definition) is 5. The second-order valence-corrected chi connectivity index (χ2v) is 6.85. The third kappa shape index (κ3) is 5.03. The minimum absolute atomic E-state index is 0.109. The highest BCUT2D eigenvalue weighted by atomic mass is 32.2. The van der Waals surface area contributed by atoms with E-state index in [-0.39, 0.29) is 17.0 Å². The van der Waals surface area contributed by atoms with Crippen molar-refractivity contribution in [2.45, 2.75) is 38.2 Å². The molecule has 5 nitrogen and oxygen atoms in total. The van der Waals surface area contributed by atoms with Crippen molar-refractivity contribution in [2.24, 2.45) is 4.99 Å². The SMILES string of the molecule is CCCCOCCOC1N=C(c2ccc(C(=O)O)c(F)c2)SC1C. The first kappa shape index (κ1) is 18.9. The van der Waals surface area contributed by atoms with Crippen molar-refractivity contribution in [3.8, 4) is 0 Å². The number of aliphatic imine (C=N–C) groups is 1. The summed E-state index contributed by atoms with van der Waals surface area (Å²) in [6.45, 7) is 5.83. The van der Waals surface area contributed by atoms with E-state index in [1.54, 1.807) is 6.07 Å². The van der Waals surface area contributed by atoms with Gasteiger partial charge in [0, 0.05) is 12.2 Å². The molecule has 2 rings (SSSR count). The minimum atomic E-state index is -1.28. The second-order valence-electron chi connectivity index (χ2n) is 5.48. The molecule has 0 aliphatic carbocycles. The van der Waals surface area contributed by atoms with E-state index < -0.39 is 11.8 Å². The molecular weight excluding hydrogens is 333 g/mol. The average molecular weight is 355 g/mol. The summed E-state index contributed by atoms with van der Waals surface area (Å²) in [6.07, 6.45) is 1.83. The fraction of sp³-hybridized carbons (Fsp3) is 0.529. The molecule has 0 aromatic heterocycles. The third-order valence-corrected chi connectivity index (χ3v) is 4.72. The van der Waals surface area contributed by atoms with Gasteiger partial charge in [0.2, 0.25) is 0 Å². The Labute approximate surface area is 145 Å². The fourth-order valence-electron chi connectivity index (χ4n) is 2.20. The summed E-state index contributed by atoms with van der Waals surface area (Å²) in [5.74, 6) is -2.04. The van der Waals surface area contributed by atoms with Crippen LogP contribution in [0.5, 0.6) is 0 Å². The molecule has 132 valence electrons. The number of carboxylic acids is 1. The van der Waals surface area contributed by atoms with Gasteiger partial charge in [-0.15, -0.1) is 0 Å². The summed E-state index contributed by atoms with van der Waals surface area (Å²) >= 11 is 1.49. The fourth-order valence-corrected chi connectivity index (χ4v) is 3.23. The van der Waals surface area contributed by atoms with E-state index in [0.717, 1.165) is 19.4 Å². The zero-order valence-electron chi connectivity index (χ0n) is 13.8. The highest BCUT2D eigenvalue weighted by molar-refractivity contribution is 8.15. The maximum atomic E-state index is 13.8. The average Bonchev–Trinajstić information content (AvgIpc) is 2.91. The maximum Gasteiger partial charge on any atom is 0.338 e. The van der Waals surface area contributed by atoms with Gasteiger partial charge in [0.25, 0.3) is 0 Å². The normalized spacial score (nSPS) is 20.2. The number of benzene rings is 1. The molecule has 7 heteroatoms. The Hall–Kier alpha value is -1.44. The topological polar surface area (TPSA) is 68.1 Å². The van der Waals surface area contributed by atoms with Crippen LogP contribution in [-0.4, -0.2) is 47.4 Å². The van der Waals surface area contributed by atoms with Crippen LogP contribution >= 0.6 is 11.8 Å². The molecule has 1 heterocycles. The predicted molar refractivity (Wildman–Crippen MR) is 92.4 cm³/mol. The van der Waals surface area contributed by atoms with Gasteiger partial charge < -0.3 is 14.6 Å². The van der Waals surface area contributed by atoms with Gasteiger partial charge in [0.15, 0.2) is 6.23 Å². The number of carbonyl (C=O) groups is 1. The van der Waals surface area contributed by atoms with Gasteiger partial charge in [0.05, 0.1) is 24.0 Å². The Morgan fingerprint density at radius 3 is 2.83 bits per heavy atom. The van der Waals surface area contributed by atoms with E-state index in [9.17, 15) is 9.18 Å². The molecule has 0 radical (unpaired) electrons. The summed E-state index contributed by atoms with van der Waals surface area (Å²) < 4.78 is 25.0. The van der Waals surface area contributed by atoms with Crippen LogP contribution in [0.4, 0.5) is 4.39 Å². The molecule has 0 saturated heterocycles. The second kappa shape index (κ2) is 9.15. The van der Waals surface area contributed by atoms with Gasteiger partial charge in [0.1, 0.15) is 10.9 Å². The van der Waals surface area contributed by atoms with Crippen molar-refractivity contribution in [3.05, 3.63) is 35.1 Å². The Bertz CT molecular complexity index is 608. The molecule has 0 amide bonds. The predicted octanol–water partition coefficient (Wildman–Crippen LogP) is 3.57. The van der Waals surface area contributed by atoms with E-state index in [1.165, 1.54) is 23.9 Å². The standard InChI is InChI=1S/C17H22FNO4S/c1-3-4-7-22-8-9-23-15-11(2)24-16(19-15)12-5-6-13(17(20)21)14(18)10-12/h5-6,10-11,15H,3-4,7-9H2,1-2H3,(H,20,21). The largest absolute Gasteiger partial charge is 0.478 e. The Morgan fingerprint density at radius 2 is 2.17 bits per heavy atom. The highest BCUT2D eigenvalue weighted by Crippen LogP contribution is 2.31. The molecule has 1 aliphatic rings. The molecule has 1 N–H and O–H groups in total. The van der Waals surface area contributed by atoms with Crippen molar-refractivity contribution in [1.29, 1.82) is 0 Å². The monoisotopic (exact) mass is 355 g/mol. The Morgan fingerprint density at radius 1 is 1.38 bits per heavy atom. The van der Waals surface area contributed by atoms with Crippen molar-refractivity contribution < 1.29 is 23.8 Å². The summed E-state index contributed by atoms with van der Waals surface area (Å²) in [6, 6.07) is 4.04. The quantitative estimate of drug-likeness (QED) is 0.686. The zero-order valence-corrected chi connectivity index (χ0v) is 14.6. The Balaban J connectivity index is 1.92. The summed E-state index contributed by atoms with van der Waals surface area (Å²) in [5, 5.41) is 9.64. The molecule has 2 atom stereocenters. The van der Waals surface area contributed by atoms with Crippen LogP contribution < -0.4 is 0 Å². The maximum absolute atomic E-state index is 13.8. The zero-order chi connectivity index (χ0) is 17.5. The van der Waals surface area contributed by atoms with Crippen LogP contribution in [0.15, 0.2) is 23.2 Å². The van der Waals surface area contributed by atoms with E-state index in [2.05, 4.69) is 11.9 Å². The number of unbranched alkanes of at least 4 members (excludes halogenated alkanes) is 1. The molecule has 0 saturated carbocycles. The smallest absolute Gasteiger partial charge is 0.338 e. The molecule has 1 aromatic rings. The van der Waals surface area contributed by atoms with Crippen LogP contribution in [0.3, 0.4) is 0 Å². The number of aromatic carboxylic acids is 1. The first-order valence-corrected chi connectivity index (χ1v) is 8.88. The van der Waals surface area contributed by atoms with Gasteiger partial charge in [-0.1, -0.05) is 31.2 Å².